The summed E-state index contributed by atoms with van der Waals surface area (Å²) >= 11 is 2.06. The van der Waals surface area contributed by atoms with Crippen molar-refractivity contribution in [1.29, 1.82) is 0 Å². The van der Waals surface area contributed by atoms with Crippen molar-refractivity contribution in [2.45, 2.75) is 12.0 Å². The third-order valence-corrected chi connectivity index (χ3v) is 4.90. The first-order valence-corrected chi connectivity index (χ1v) is 7.04. The van der Waals surface area contributed by atoms with Gasteiger partial charge in [-0.15, -0.1) is 0 Å². The Morgan fingerprint density at radius 3 is 2.88 bits per heavy atom. The van der Waals surface area contributed by atoms with Gasteiger partial charge in [-0.25, -0.2) is 0 Å². The lowest BCUT2D eigenvalue weighted by Gasteiger charge is -2.36. The van der Waals surface area contributed by atoms with Crippen LogP contribution >= 0.6 is 11.8 Å². The summed E-state index contributed by atoms with van der Waals surface area (Å²) in [5, 5.41) is 3.52. The Morgan fingerprint density at radius 2 is 2.38 bits per heavy atom. The molecular weight excluding hydrogens is 220 g/mol. The van der Waals surface area contributed by atoms with Crippen molar-refractivity contribution in [2.75, 3.05) is 52.3 Å². The van der Waals surface area contributed by atoms with Crippen LogP contribution in [0, 0.1) is 0 Å². The maximum Gasteiger partial charge on any atom is 0.193 e. The highest BCUT2D eigenvalue weighted by molar-refractivity contribution is 7.99. The van der Waals surface area contributed by atoms with Crippen molar-refractivity contribution in [3.05, 3.63) is 0 Å². The Morgan fingerprint density at radius 1 is 1.56 bits per heavy atom. The highest BCUT2D eigenvalue weighted by Crippen LogP contribution is 2.31. The molecule has 1 atom stereocenters. The standard InChI is InChI=1S/C11H22N4S/c1-14(2)11(4-7-16-9-11)8-13-10-12-5-6-15(10)3/h4-9H2,1-3H3,(H,12,13). The van der Waals surface area contributed by atoms with Gasteiger partial charge in [-0.1, -0.05) is 0 Å². The predicted molar refractivity (Wildman–Crippen MR) is 71.3 cm³/mol. The Hall–Kier alpha value is -0.420. The van der Waals surface area contributed by atoms with Crippen LogP contribution in [-0.2, 0) is 0 Å². The molecule has 2 aliphatic rings. The van der Waals surface area contributed by atoms with Gasteiger partial charge in [0.2, 0.25) is 0 Å². The predicted octanol–water partition coefficient (Wildman–Crippen LogP) is 0.315. The Labute approximate surface area is 102 Å². The van der Waals surface area contributed by atoms with E-state index in [1.165, 1.54) is 17.9 Å². The summed E-state index contributed by atoms with van der Waals surface area (Å²) in [7, 11) is 6.48. The average molecular weight is 242 g/mol. The summed E-state index contributed by atoms with van der Waals surface area (Å²) in [6.07, 6.45) is 1.27. The zero-order valence-corrected chi connectivity index (χ0v) is 11.3. The van der Waals surface area contributed by atoms with Crippen molar-refractivity contribution in [3.63, 3.8) is 0 Å². The first kappa shape index (κ1) is 12.0. The molecule has 0 amide bonds. The second-order valence-electron chi connectivity index (χ2n) is 4.90. The summed E-state index contributed by atoms with van der Waals surface area (Å²) in [5.41, 5.74) is 0.316. The summed E-state index contributed by atoms with van der Waals surface area (Å²) in [4.78, 5) is 9.04. The van der Waals surface area contributed by atoms with Crippen molar-refractivity contribution in [1.82, 2.24) is 15.1 Å². The Kier molecular flexibility index (Phi) is 3.64. The van der Waals surface area contributed by atoms with Crippen LogP contribution in [0.5, 0.6) is 0 Å². The second kappa shape index (κ2) is 4.84. The van der Waals surface area contributed by atoms with Crippen LogP contribution in [-0.4, -0.2) is 73.6 Å². The molecule has 92 valence electrons. The molecule has 0 bridgehead atoms. The van der Waals surface area contributed by atoms with E-state index in [1.54, 1.807) is 0 Å². The van der Waals surface area contributed by atoms with Crippen LogP contribution < -0.4 is 5.32 Å². The number of thioether (sulfide) groups is 1. The monoisotopic (exact) mass is 242 g/mol. The molecule has 0 aromatic carbocycles. The van der Waals surface area contributed by atoms with Crippen LogP contribution in [0.4, 0.5) is 0 Å². The maximum atomic E-state index is 4.47. The Balaban J connectivity index is 1.92. The number of aliphatic imine (C=N–C) groups is 1. The molecule has 5 heteroatoms. The van der Waals surface area contributed by atoms with Gasteiger partial charge in [0.15, 0.2) is 5.96 Å². The fourth-order valence-corrected chi connectivity index (χ4v) is 3.77. The smallest absolute Gasteiger partial charge is 0.193 e. The number of guanidine groups is 1. The van der Waals surface area contributed by atoms with Gasteiger partial charge in [0, 0.05) is 31.4 Å². The number of nitrogens with zero attached hydrogens (tertiary/aromatic N) is 3. The summed E-state index contributed by atoms with van der Waals surface area (Å²) in [6.45, 7) is 2.99. The molecule has 2 heterocycles. The lowest BCUT2D eigenvalue weighted by molar-refractivity contribution is 0.182. The van der Waals surface area contributed by atoms with E-state index < -0.39 is 0 Å². The largest absolute Gasteiger partial charge is 0.354 e. The number of hydrogen-bond donors (Lipinski definition) is 1. The number of rotatable bonds is 3. The lowest BCUT2D eigenvalue weighted by atomic mass is 9.97. The van der Waals surface area contributed by atoms with Gasteiger partial charge in [0.1, 0.15) is 0 Å². The van der Waals surface area contributed by atoms with Gasteiger partial charge in [0.05, 0.1) is 6.54 Å². The zero-order valence-electron chi connectivity index (χ0n) is 10.5. The fraction of sp³-hybridized carbons (Fsp3) is 0.909. The minimum absolute atomic E-state index is 0.316. The van der Waals surface area contributed by atoms with Gasteiger partial charge < -0.3 is 15.1 Å². The number of likely N-dealkylation sites (N-methyl/N-ethyl adjacent to an activating group) is 2. The molecule has 1 saturated heterocycles. The van der Waals surface area contributed by atoms with Gasteiger partial charge in [-0.05, 0) is 26.3 Å². The number of nitrogens with one attached hydrogen (secondary N) is 1. The molecular formula is C11H22N4S. The normalized spacial score (nSPS) is 30.0. The third-order valence-electron chi connectivity index (χ3n) is 3.67. The fourth-order valence-electron chi connectivity index (χ4n) is 2.21. The Bertz CT molecular complexity index is 271. The molecule has 0 aromatic rings. The first-order valence-electron chi connectivity index (χ1n) is 5.89. The lowest BCUT2D eigenvalue weighted by Crippen LogP contribution is -2.54. The van der Waals surface area contributed by atoms with E-state index >= 15 is 0 Å². The molecule has 0 spiro atoms. The van der Waals surface area contributed by atoms with E-state index in [2.05, 4.69) is 53.0 Å². The van der Waals surface area contributed by atoms with Gasteiger partial charge in [0.25, 0.3) is 0 Å². The van der Waals surface area contributed by atoms with Gasteiger partial charge in [-0.2, -0.15) is 11.8 Å². The molecule has 1 N–H and O–H groups in total. The van der Waals surface area contributed by atoms with Crippen LogP contribution in [0.15, 0.2) is 4.99 Å². The minimum atomic E-state index is 0.316. The second-order valence-corrected chi connectivity index (χ2v) is 6.01. The van der Waals surface area contributed by atoms with Crippen LogP contribution in [0.1, 0.15) is 6.42 Å². The highest BCUT2D eigenvalue weighted by atomic mass is 32.2. The summed E-state index contributed by atoms with van der Waals surface area (Å²) < 4.78 is 0. The van der Waals surface area contributed by atoms with E-state index in [-0.39, 0.29) is 0 Å². The molecule has 1 unspecified atom stereocenters. The van der Waals surface area contributed by atoms with Crippen LogP contribution in [0.3, 0.4) is 0 Å². The van der Waals surface area contributed by atoms with E-state index in [4.69, 9.17) is 0 Å². The molecule has 0 saturated carbocycles. The molecule has 1 fully saturated rings. The van der Waals surface area contributed by atoms with Crippen molar-refractivity contribution in [2.24, 2.45) is 4.99 Å². The van der Waals surface area contributed by atoms with E-state index in [9.17, 15) is 0 Å². The van der Waals surface area contributed by atoms with Gasteiger partial charge >= 0.3 is 0 Å². The number of hydrogen-bond acceptors (Lipinski definition) is 5. The molecule has 16 heavy (non-hydrogen) atoms. The van der Waals surface area contributed by atoms with E-state index in [0.29, 0.717) is 5.54 Å². The summed E-state index contributed by atoms with van der Waals surface area (Å²) in [6, 6.07) is 0. The van der Waals surface area contributed by atoms with Crippen molar-refractivity contribution in [3.8, 4) is 0 Å². The minimum Gasteiger partial charge on any atom is -0.354 e. The van der Waals surface area contributed by atoms with Crippen molar-refractivity contribution >= 4 is 17.7 Å². The van der Waals surface area contributed by atoms with E-state index in [1.807, 2.05) is 0 Å². The highest BCUT2D eigenvalue weighted by Gasteiger charge is 2.36. The summed E-state index contributed by atoms with van der Waals surface area (Å²) in [5.74, 6) is 3.57. The first-order chi connectivity index (χ1) is 7.64. The third kappa shape index (κ3) is 2.30. The topological polar surface area (TPSA) is 30.9 Å². The molecule has 0 aromatic heterocycles. The van der Waals surface area contributed by atoms with Gasteiger partial charge in [-0.3, -0.25) is 4.99 Å². The SMILES string of the molecule is CN1CCN=C1NCC1(N(C)C)CCSC1. The molecule has 2 aliphatic heterocycles. The molecule has 0 aliphatic carbocycles. The van der Waals surface area contributed by atoms with E-state index in [0.717, 1.165) is 25.6 Å². The molecule has 2 rings (SSSR count). The zero-order chi connectivity index (χ0) is 11.6. The average Bonchev–Trinajstić information content (AvgIpc) is 2.84. The maximum absolute atomic E-state index is 4.47. The van der Waals surface area contributed by atoms with Crippen molar-refractivity contribution < 1.29 is 0 Å². The molecule has 4 nitrogen and oxygen atoms in total. The van der Waals surface area contributed by atoms with Crippen LogP contribution in [0.2, 0.25) is 0 Å². The quantitative estimate of drug-likeness (QED) is 0.772. The van der Waals surface area contributed by atoms with Crippen LogP contribution in [0.25, 0.3) is 0 Å². The molecule has 0 radical (unpaired) electrons.